The van der Waals surface area contributed by atoms with Crippen molar-refractivity contribution >= 4 is 5.91 Å². The number of hydrogen-bond donors (Lipinski definition) is 0. The lowest BCUT2D eigenvalue weighted by Crippen LogP contribution is -2.49. The summed E-state index contributed by atoms with van der Waals surface area (Å²) in [7, 11) is 0. The first-order valence-electron chi connectivity index (χ1n) is 7.28. The lowest BCUT2D eigenvalue weighted by Gasteiger charge is -2.42. The zero-order valence-corrected chi connectivity index (χ0v) is 12.2. The number of carbonyl (C=O) groups excluding carboxylic acids is 1. The lowest BCUT2D eigenvalue weighted by molar-refractivity contribution is -0.151. The Morgan fingerprint density at radius 2 is 2.10 bits per heavy atom. The second kappa shape index (κ2) is 7.41. The predicted octanol–water partition coefficient (Wildman–Crippen LogP) is 2.40. The zero-order valence-electron chi connectivity index (χ0n) is 12.2. The molecular weight excluding hydrogens is 254 g/mol. The first-order valence-corrected chi connectivity index (χ1v) is 7.28. The van der Waals surface area contributed by atoms with Gasteiger partial charge in [0.25, 0.3) is 5.91 Å². The molecule has 4 nitrogen and oxygen atoms in total. The third-order valence-electron chi connectivity index (χ3n) is 3.63. The van der Waals surface area contributed by atoms with Crippen molar-refractivity contribution < 1.29 is 14.3 Å². The van der Waals surface area contributed by atoms with Crippen molar-refractivity contribution in [3.05, 3.63) is 35.9 Å². The highest BCUT2D eigenvalue weighted by molar-refractivity contribution is 5.81. The molecule has 1 aromatic carbocycles. The van der Waals surface area contributed by atoms with E-state index in [9.17, 15) is 4.79 Å². The molecule has 1 aliphatic rings. The van der Waals surface area contributed by atoms with Gasteiger partial charge < -0.3 is 14.4 Å². The Morgan fingerprint density at radius 3 is 2.70 bits per heavy atom. The van der Waals surface area contributed by atoms with E-state index in [0.29, 0.717) is 19.8 Å². The Hall–Kier alpha value is -1.39. The van der Waals surface area contributed by atoms with Crippen LogP contribution in [0.2, 0.25) is 0 Å². The smallest absolute Gasteiger partial charge is 0.251 e. The Morgan fingerprint density at radius 1 is 1.35 bits per heavy atom. The molecule has 2 atom stereocenters. The molecule has 0 aromatic heterocycles. The second-order valence-corrected chi connectivity index (χ2v) is 4.96. The van der Waals surface area contributed by atoms with Crippen molar-refractivity contribution in [2.24, 2.45) is 0 Å². The molecule has 110 valence electrons. The predicted molar refractivity (Wildman–Crippen MR) is 77.4 cm³/mol. The molecule has 0 spiro atoms. The summed E-state index contributed by atoms with van der Waals surface area (Å²) in [6, 6.07) is 10.4. The maximum atomic E-state index is 12.3. The van der Waals surface area contributed by atoms with E-state index in [-0.39, 0.29) is 11.9 Å². The maximum absolute atomic E-state index is 12.3. The van der Waals surface area contributed by atoms with E-state index in [4.69, 9.17) is 9.47 Å². The molecule has 20 heavy (non-hydrogen) atoms. The SMILES string of the molecule is CCOCCO[C@H](C)C(=O)N1CC[C@H]1c1ccccc1. The highest BCUT2D eigenvalue weighted by Gasteiger charge is 2.35. The first kappa shape index (κ1) is 15.0. The summed E-state index contributed by atoms with van der Waals surface area (Å²) < 4.78 is 10.7. The van der Waals surface area contributed by atoms with Gasteiger partial charge in [-0.25, -0.2) is 0 Å². The van der Waals surface area contributed by atoms with Gasteiger partial charge in [0.1, 0.15) is 6.10 Å². The Labute approximate surface area is 120 Å². The van der Waals surface area contributed by atoms with Crippen LogP contribution in [0.15, 0.2) is 30.3 Å². The van der Waals surface area contributed by atoms with E-state index in [0.717, 1.165) is 13.0 Å². The van der Waals surface area contributed by atoms with Gasteiger partial charge in [0.05, 0.1) is 19.3 Å². The normalized spacial score (nSPS) is 19.5. The quantitative estimate of drug-likeness (QED) is 0.718. The fourth-order valence-corrected chi connectivity index (χ4v) is 2.41. The summed E-state index contributed by atoms with van der Waals surface area (Å²) in [5.74, 6) is 0.0709. The summed E-state index contributed by atoms with van der Waals surface area (Å²) in [6.07, 6.45) is 0.628. The van der Waals surface area contributed by atoms with E-state index >= 15 is 0 Å². The molecule has 0 unspecified atom stereocenters. The van der Waals surface area contributed by atoms with Gasteiger partial charge in [-0.15, -0.1) is 0 Å². The van der Waals surface area contributed by atoms with Crippen molar-refractivity contribution in [3.8, 4) is 0 Å². The van der Waals surface area contributed by atoms with Gasteiger partial charge in [0.15, 0.2) is 0 Å². The topological polar surface area (TPSA) is 38.8 Å². The molecular formula is C16H23NO3. The molecule has 1 saturated heterocycles. The van der Waals surface area contributed by atoms with Crippen molar-refractivity contribution in [3.63, 3.8) is 0 Å². The first-order chi connectivity index (χ1) is 9.74. The minimum Gasteiger partial charge on any atom is -0.379 e. The van der Waals surface area contributed by atoms with Crippen molar-refractivity contribution in [1.29, 1.82) is 0 Å². The molecule has 0 saturated carbocycles. The molecule has 1 amide bonds. The Bertz CT molecular complexity index is 421. The van der Waals surface area contributed by atoms with E-state index in [2.05, 4.69) is 12.1 Å². The molecule has 1 fully saturated rings. The number of hydrogen-bond acceptors (Lipinski definition) is 3. The summed E-state index contributed by atoms with van der Waals surface area (Å²) >= 11 is 0. The van der Waals surface area contributed by atoms with E-state index in [1.807, 2.05) is 36.9 Å². The van der Waals surface area contributed by atoms with Crippen LogP contribution in [0.4, 0.5) is 0 Å². The van der Waals surface area contributed by atoms with Crippen molar-refractivity contribution in [2.75, 3.05) is 26.4 Å². The van der Waals surface area contributed by atoms with Crippen molar-refractivity contribution in [2.45, 2.75) is 32.4 Å². The Balaban J connectivity index is 1.83. The average molecular weight is 277 g/mol. The second-order valence-electron chi connectivity index (χ2n) is 4.96. The van der Waals surface area contributed by atoms with Gasteiger partial charge in [0.2, 0.25) is 0 Å². The molecule has 0 N–H and O–H groups in total. The van der Waals surface area contributed by atoms with Crippen LogP contribution in [0.25, 0.3) is 0 Å². The number of nitrogens with zero attached hydrogens (tertiary/aromatic N) is 1. The van der Waals surface area contributed by atoms with Crippen LogP contribution in [-0.2, 0) is 14.3 Å². The van der Waals surface area contributed by atoms with E-state index in [1.54, 1.807) is 0 Å². The number of rotatable bonds is 7. The van der Waals surface area contributed by atoms with Gasteiger partial charge in [-0.1, -0.05) is 30.3 Å². The lowest BCUT2D eigenvalue weighted by atomic mass is 9.94. The standard InChI is InChI=1S/C16H23NO3/c1-3-19-11-12-20-13(2)16(18)17-10-9-15(17)14-7-5-4-6-8-14/h4-8,13,15H,3,9-12H2,1-2H3/t13-,15+/m1/s1. The fourth-order valence-electron chi connectivity index (χ4n) is 2.41. The van der Waals surface area contributed by atoms with Crippen LogP contribution < -0.4 is 0 Å². The number of benzene rings is 1. The van der Waals surface area contributed by atoms with Gasteiger partial charge in [-0.2, -0.15) is 0 Å². The zero-order chi connectivity index (χ0) is 14.4. The molecule has 0 bridgehead atoms. The van der Waals surface area contributed by atoms with Gasteiger partial charge in [0, 0.05) is 13.2 Å². The summed E-state index contributed by atoms with van der Waals surface area (Å²) in [6.45, 7) is 6.25. The summed E-state index contributed by atoms with van der Waals surface area (Å²) in [5.41, 5.74) is 1.20. The summed E-state index contributed by atoms with van der Waals surface area (Å²) in [4.78, 5) is 14.2. The highest BCUT2D eigenvalue weighted by Crippen LogP contribution is 2.33. The van der Waals surface area contributed by atoms with E-state index < -0.39 is 6.10 Å². The molecule has 4 heteroatoms. The molecule has 1 heterocycles. The Kier molecular flexibility index (Phi) is 5.56. The molecule has 0 aliphatic carbocycles. The number of likely N-dealkylation sites (tertiary alicyclic amines) is 1. The van der Waals surface area contributed by atoms with Gasteiger partial charge >= 0.3 is 0 Å². The van der Waals surface area contributed by atoms with Crippen molar-refractivity contribution in [1.82, 2.24) is 4.90 Å². The van der Waals surface area contributed by atoms with Crippen LogP contribution in [0.1, 0.15) is 31.9 Å². The van der Waals surface area contributed by atoms with E-state index in [1.165, 1.54) is 5.56 Å². The maximum Gasteiger partial charge on any atom is 0.251 e. The van der Waals surface area contributed by atoms with Gasteiger partial charge in [-0.3, -0.25) is 4.79 Å². The fraction of sp³-hybridized carbons (Fsp3) is 0.562. The summed E-state index contributed by atoms with van der Waals surface area (Å²) in [5, 5.41) is 0. The average Bonchev–Trinajstić information content (AvgIpc) is 2.43. The number of carbonyl (C=O) groups is 1. The number of ether oxygens (including phenoxy) is 2. The monoisotopic (exact) mass is 277 g/mol. The third kappa shape index (κ3) is 3.58. The van der Waals surface area contributed by atoms with Crippen LogP contribution in [0.5, 0.6) is 0 Å². The largest absolute Gasteiger partial charge is 0.379 e. The van der Waals surface area contributed by atoms with Gasteiger partial charge in [-0.05, 0) is 25.8 Å². The van der Waals surface area contributed by atoms with Crippen LogP contribution >= 0.6 is 0 Å². The highest BCUT2D eigenvalue weighted by atomic mass is 16.5. The molecule has 1 aliphatic heterocycles. The van der Waals surface area contributed by atoms with Crippen LogP contribution in [-0.4, -0.2) is 43.3 Å². The molecule has 0 radical (unpaired) electrons. The van der Waals surface area contributed by atoms with Crippen LogP contribution in [0, 0.1) is 0 Å². The minimum absolute atomic E-state index is 0.0709. The number of amides is 1. The molecule has 2 rings (SSSR count). The minimum atomic E-state index is -0.401. The molecule has 1 aromatic rings. The third-order valence-corrected chi connectivity index (χ3v) is 3.63. The van der Waals surface area contributed by atoms with Crippen LogP contribution in [0.3, 0.4) is 0 Å².